The van der Waals surface area contributed by atoms with E-state index in [-0.39, 0.29) is 11.7 Å². The average Bonchev–Trinajstić information content (AvgIpc) is 2.40. The third-order valence-corrected chi connectivity index (χ3v) is 3.76. The number of amides is 1. The number of benzene rings is 1. The predicted octanol–water partition coefficient (Wildman–Crippen LogP) is 2.57. The fourth-order valence-electron chi connectivity index (χ4n) is 2.06. The van der Waals surface area contributed by atoms with Gasteiger partial charge in [0.05, 0.1) is 0 Å². The van der Waals surface area contributed by atoms with E-state index in [1.165, 1.54) is 24.3 Å². The van der Waals surface area contributed by atoms with Crippen molar-refractivity contribution in [3.05, 3.63) is 35.6 Å². The second-order valence-electron chi connectivity index (χ2n) is 4.94. The molecule has 0 aromatic heterocycles. The Morgan fingerprint density at radius 1 is 1.32 bits per heavy atom. The molecule has 0 saturated carbocycles. The maximum Gasteiger partial charge on any atom is 0.257 e. The van der Waals surface area contributed by atoms with E-state index in [1.54, 1.807) is 0 Å². The fraction of sp³-hybridized carbons (Fsp3) is 0.429. The Labute approximate surface area is 117 Å². The first kappa shape index (κ1) is 13.9. The van der Waals surface area contributed by atoms with E-state index in [1.807, 2.05) is 4.90 Å². The second-order valence-corrected chi connectivity index (χ2v) is 5.32. The van der Waals surface area contributed by atoms with Crippen LogP contribution in [0.25, 0.3) is 0 Å². The Kier molecular flexibility index (Phi) is 4.47. The topological polar surface area (TPSA) is 32.3 Å². The molecule has 1 fully saturated rings. The minimum Gasteiger partial charge on any atom is -0.349 e. The van der Waals surface area contributed by atoms with Gasteiger partial charge in [-0.3, -0.25) is 10.1 Å². The van der Waals surface area contributed by atoms with Crippen LogP contribution in [0.1, 0.15) is 30.1 Å². The van der Waals surface area contributed by atoms with Crippen LogP contribution in [0.5, 0.6) is 0 Å². The van der Waals surface area contributed by atoms with Crippen LogP contribution in [0.3, 0.4) is 0 Å². The summed E-state index contributed by atoms with van der Waals surface area (Å²) in [5.41, 5.74) is 0.411. The molecule has 0 spiro atoms. The standard InChI is InChI=1S/C14H17FN2OS/c1-10-6-8-17(9-7-10)14(19)16-13(18)11-2-4-12(15)5-3-11/h2-5,10H,6-9H2,1H3,(H,16,18,19). The number of nitrogens with one attached hydrogen (secondary N) is 1. The number of nitrogens with zero attached hydrogens (tertiary/aromatic N) is 1. The van der Waals surface area contributed by atoms with Gasteiger partial charge in [-0.1, -0.05) is 6.92 Å². The lowest BCUT2D eigenvalue weighted by molar-refractivity contribution is 0.0972. The molecule has 102 valence electrons. The normalized spacial score (nSPS) is 16.2. The molecule has 2 rings (SSSR count). The van der Waals surface area contributed by atoms with Crippen LogP contribution < -0.4 is 5.32 Å². The van der Waals surface area contributed by atoms with Gasteiger partial charge in [-0.05, 0) is 55.2 Å². The number of rotatable bonds is 1. The van der Waals surface area contributed by atoms with Gasteiger partial charge in [0.15, 0.2) is 5.11 Å². The molecule has 1 heterocycles. The van der Waals surface area contributed by atoms with Crippen LogP contribution in [-0.2, 0) is 0 Å². The number of halogens is 1. The Bertz CT molecular complexity index is 467. The first-order valence-electron chi connectivity index (χ1n) is 6.42. The van der Waals surface area contributed by atoms with Crippen LogP contribution >= 0.6 is 12.2 Å². The number of hydrogen-bond acceptors (Lipinski definition) is 2. The van der Waals surface area contributed by atoms with E-state index in [2.05, 4.69) is 12.2 Å². The maximum atomic E-state index is 12.8. The van der Waals surface area contributed by atoms with E-state index in [9.17, 15) is 9.18 Å². The van der Waals surface area contributed by atoms with Gasteiger partial charge in [-0.25, -0.2) is 4.39 Å². The molecule has 1 N–H and O–H groups in total. The molecule has 0 atom stereocenters. The van der Waals surface area contributed by atoms with Crippen molar-refractivity contribution in [3.8, 4) is 0 Å². The molecule has 0 unspecified atom stereocenters. The summed E-state index contributed by atoms with van der Waals surface area (Å²) in [6.07, 6.45) is 2.18. The molecule has 0 radical (unpaired) electrons. The zero-order chi connectivity index (χ0) is 13.8. The SMILES string of the molecule is CC1CCN(C(=S)NC(=O)c2ccc(F)cc2)CC1. The quantitative estimate of drug-likeness (QED) is 0.803. The third kappa shape index (κ3) is 3.73. The molecule has 1 amide bonds. The number of thiocarbonyl (C=S) groups is 1. The molecule has 1 aromatic carbocycles. The smallest absolute Gasteiger partial charge is 0.257 e. The van der Waals surface area contributed by atoms with Crippen molar-refractivity contribution < 1.29 is 9.18 Å². The van der Waals surface area contributed by atoms with Crippen LogP contribution in [-0.4, -0.2) is 29.0 Å². The fourth-order valence-corrected chi connectivity index (χ4v) is 2.34. The van der Waals surface area contributed by atoms with Crippen molar-refractivity contribution in [1.29, 1.82) is 0 Å². The molecule has 0 bridgehead atoms. The van der Waals surface area contributed by atoms with Gasteiger partial charge in [0.2, 0.25) is 0 Å². The van der Waals surface area contributed by atoms with E-state index in [0.717, 1.165) is 25.9 Å². The van der Waals surface area contributed by atoms with Crippen molar-refractivity contribution in [2.45, 2.75) is 19.8 Å². The number of carbonyl (C=O) groups excluding carboxylic acids is 1. The lowest BCUT2D eigenvalue weighted by atomic mass is 10.00. The molecular weight excluding hydrogens is 263 g/mol. The van der Waals surface area contributed by atoms with Gasteiger partial charge in [-0.2, -0.15) is 0 Å². The highest BCUT2D eigenvalue weighted by molar-refractivity contribution is 7.80. The summed E-state index contributed by atoms with van der Waals surface area (Å²) in [4.78, 5) is 13.9. The number of carbonyl (C=O) groups is 1. The van der Waals surface area contributed by atoms with Crippen LogP contribution in [0.4, 0.5) is 4.39 Å². The molecule has 3 nitrogen and oxygen atoms in total. The highest BCUT2D eigenvalue weighted by Crippen LogP contribution is 2.16. The zero-order valence-corrected chi connectivity index (χ0v) is 11.7. The Hall–Kier alpha value is -1.49. The summed E-state index contributed by atoms with van der Waals surface area (Å²) in [5.74, 6) is 0.0691. The van der Waals surface area contributed by atoms with Crippen molar-refractivity contribution >= 4 is 23.2 Å². The predicted molar refractivity (Wildman–Crippen MR) is 76.4 cm³/mol. The summed E-state index contributed by atoms with van der Waals surface area (Å²) in [6, 6.07) is 5.43. The number of likely N-dealkylation sites (tertiary alicyclic amines) is 1. The van der Waals surface area contributed by atoms with E-state index < -0.39 is 0 Å². The summed E-state index contributed by atoms with van der Waals surface area (Å²) in [7, 11) is 0. The third-order valence-electron chi connectivity index (χ3n) is 3.40. The van der Waals surface area contributed by atoms with Crippen LogP contribution in [0, 0.1) is 11.7 Å². The van der Waals surface area contributed by atoms with Gasteiger partial charge in [0, 0.05) is 18.7 Å². The molecule has 1 aromatic rings. The minimum atomic E-state index is -0.357. The molecule has 5 heteroatoms. The Morgan fingerprint density at radius 2 is 1.89 bits per heavy atom. The highest BCUT2D eigenvalue weighted by atomic mass is 32.1. The van der Waals surface area contributed by atoms with Gasteiger partial charge in [0.1, 0.15) is 5.82 Å². The number of hydrogen-bond donors (Lipinski definition) is 1. The maximum absolute atomic E-state index is 12.8. The minimum absolute atomic E-state index is 0.288. The van der Waals surface area contributed by atoms with Crippen molar-refractivity contribution in [2.75, 3.05) is 13.1 Å². The largest absolute Gasteiger partial charge is 0.349 e. The first-order chi connectivity index (χ1) is 9.06. The van der Waals surface area contributed by atoms with Gasteiger partial charge in [-0.15, -0.1) is 0 Å². The molecule has 1 aliphatic heterocycles. The van der Waals surface area contributed by atoms with E-state index in [0.29, 0.717) is 16.6 Å². The molecule has 1 saturated heterocycles. The first-order valence-corrected chi connectivity index (χ1v) is 6.83. The monoisotopic (exact) mass is 280 g/mol. The molecule has 0 aliphatic carbocycles. The lowest BCUT2D eigenvalue weighted by Crippen LogP contribution is -2.46. The van der Waals surface area contributed by atoms with Crippen LogP contribution in [0.2, 0.25) is 0 Å². The van der Waals surface area contributed by atoms with Crippen molar-refractivity contribution in [1.82, 2.24) is 10.2 Å². The highest BCUT2D eigenvalue weighted by Gasteiger charge is 2.19. The second kappa shape index (κ2) is 6.10. The summed E-state index contributed by atoms with van der Waals surface area (Å²) in [5, 5.41) is 3.16. The van der Waals surface area contributed by atoms with Crippen molar-refractivity contribution in [3.63, 3.8) is 0 Å². The van der Waals surface area contributed by atoms with Crippen molar-refractivity contribution in [2.24, 2.45) is 5.92 Å². The average molecular weight is 280 g/mol. The Morgan fingerprint density at radius 3 is 2.47 bits per heavy atom. The molecule has 1 aliphatic rings. The van der Waals surface area contributed by atoms with Gasteiger partial charge >= 0.3 is 0 Å². The summed E-state index contributed by atoms with van der Waals surface area (Å²) >= 11 is 5.23. The zero-order valence-electron chi connectivity index (χ0n) is 10.9. The van der Waals surface area contributed by atoms with E-state index >= 15 is 0 Å². The molecular formula is C14H17FN2OS. The Balaban J connectivity index is 1.91. The summed E-state index contributed by atoms with van der Waals surface area (Å²) < 4.78 is 12.8. The van der Waals surface area contributed by atoms with Crippen LogP contribution in [0.15, 0.2) is 24.3 Å². The number of piperidine rings is 1. The van der Waals surface area contributed by atoms with E-state index in [4.69, 9.17) is 12.2 Å². The van der Waals surface area contributed by atoms with Gasteiger partial charge < -0.3 is 4.90 Å². The van der Waals surface area contributed by atoms with Gasteiger partial charge in [0.25, 0.3) is 5.91 Å². The summed E-state index contributed by atoms with van der Waals surface area (Å²) in [6.45, 7) is 3.98. The molecule has 19 heavy (non-hydrogen) atoms. The lowest BCUT2D eigenvalue weighted by Gasteiger charge is -2.32.